The highest BCUT2D eigenvalue weighted by Gasteiger charge is 2.14. The summed E-state index contributed by atoms with van der Waals surface area (Å²) in [6, 6.07) is 12.3. The molecule has 0 atom stereocenters. The molecule has 5 heteroatoms. The van der Waals surface area contributed by atoms with Crippen LogP contribution in [0.3, 0.4) is 0 Å². The second-order valence-corrected chi connectivity index (χ2v) is 4.65. The fourth-order valence-electron chi connectivity index (χ4n) is 2.16. The fourth-order valence-corrected chi connectivity index (χ4v) is 2.16. The van der Waals surface area contributed by atoms with E-state index in [1.54, 1.807) is 12.1 Å². The molecular weight excluding hydrogens is 266 g/mol. The first-order chi connectivity index (χ1) is 10.1. The Bertz CT molecular complexity index is 831. The minimum atomic E-state index is -0.455. The number of para-hydroxylation sites is 1. The van der Waals surface area contributed by atoms with E-state index in [4.69, 9.17) is 0 Å². The summed E-state index contributed by atoms with van der Waals surface area (Å²) in [5.74, 6) is -0.603. The first-order valence-electron chi connectivity index (χ1n) is 6.47. The van der Waals surface area contributed by atoms with Crippen LogP contribution in [0.15, 0.2) is 48.7 Å². The molecule has 2 aromatic heterocycles. The van der Waals surface area contributed by atoms with Crippen molar-refractivity contribution in [3.63, 3.8) is 0 Å². The Morgan fingerprint density at radius 3 is 2.81 bits per heavy atom. The van der Waals surface area contributed by atoms with Gasteiger partial charge in [-0.25, -0.2) is 4.98 Å². The molecule has 2 N–H and O–H groups in total. The largest absolute Gasteiger partial charge is 0.505 e. The van der Waals surface area contributed by atoms with Crippen LogP contribution in [0.25, 0.3) is 10.9 Å². The number of hydrogen-bond donors (Lipinski definition) is 2. The van der Waals surface area contributed by atoms with E-state index in [2.05, 4.69) is 15.3 Å². The van der Waals surface area contributed by atoms with Crippen LogP contribution in [0.1, 0.15) is 16.2 Å². The van der Waals surface area contributed by atoms with Gasteiger partial charge >= 0.3 is 0 Å². The van der Waals surface area contributed by atoms with E-state index in [1.807, 2.05) is 31.2 Å². The number of aryl methyl sites for hydroxylation is 1. The Hall–Kier alpha value is -2.95. The number of fused-ring (bicyclic) bond motifs is 1. The van der Waals surface area contributed by atoms with Gasteiger partial charge < -0.3 is 10.4 Å². The van der Waals surface area contributed by atoms with Crippen molar-refractivity contribution >= 4 is 22.5 Å². The number of hydrogen-bond acceptors (Lipinski definition) is 4. The van der Waals surface area contributed by atoms with E-state index in [-0.39, 0.29) is 11.4 Å². The maximum absolute atomic E-state index is 12.2. The fraction of sp³-hybridized carbons (Fsp3) is 0.0625. The van der Waals surface area contributed by atoms with Gasteiger partial charge in [0.2, 0.25) is 0 Å². The minimum absolute atomic E-state index is 0.00366. The van der Waals surface area contributed by atoms with Crippen LogP contribution in [0.4, 0.5) is 5.69 Å². The van der Waals surface area contributed by atoms with E-state index in [0.717, 1.165) is 16.6 Å². The number of pyridine rings is 2. The zero-order valence-corrected chi connectivity index (χ0v) is 11.4. The molecule has 0 saturated carbocycles. The zero-order chi connectivity index (χ0) is 14.8. The summed E-state index contributed by atoms with van der Waals surface area (Å²) in [6.45, 7) is 1.86. The number of nitrogens with zero attached hydrogens (tertiary/aromatic N) is 2. The van der Waals surface area contributed by atoms with E-state index < -0.39 is 5.91 Å². The van der Waals surface area contributed by atoms with Gasteiger partial charge in [0.05, 0.1) is 11.2 Å². The lowest BCUT2D eigenvalue weighted by Gasteiger charge is -2.10. The van der Waals surface area contributed by atoms with Crippen LogP contribution < -0.4 is 5.32 Å². The van der Waals surface area contributed by atoms with Crippen molar-refractivity contribution in [3.8, 4) is 5.75 Å². The third-order valence-electron chi connectivity index (χ3n) is 3.09. The molecule has 0 saturated heterocycles. The summed E-state index contributed by atoms with van der Waals surface area (Å²) in [5.41, 5.74) is 2.25. The number of nitrogens with one attached hydrogen (secondary N) is 1. The van der Waals surface area contributed by atoms with Crippen LogP contribution in [0.5, 0.6) is 5.75 Å². The van der Waals surface area contributed by atoms with Crippen LogP contribution >= 0.6 is 0 Å². The van der Waals surface area contributed by atoms with Crippen molar-refractivity contribution < 1.29 is 9.90 Å². The number of aromatic nitrogens is 2. The normalized spacial score (nSPS) is 10.5. The molecule has 0 bridgehead atoms. The SMILES string of the molecule is Cc1cc(NC(=O)c2ncccc2O)c2ccccc2n1. The summed E-state index contributed by atoms with van der Waals surface area (Å²) in [4.78, 5) is 20.6. The Labute approximate surface area is 121 Å². The molecule has 21 heavy (non-hydrogen) atoms. The predicted molar refractivity (Wildman–Crippen MR) is 80.3 cm³/mol. The second-order valence-electron chi connectivity index (χ2n) is 4.65. The Balaban J connectivity index is 2.02. The predicted octanol–water partition coefficient (Wildman–Crippen LogP) is 2.90. The lowest BCUT2D eigenvalue weighted by Crippen LogP contribution is -2.14. The van der Waals surface area contributed by atoms with Crippen molar-refractivity contribution in [3.05, 3.63) is 60.0 Å². The van der Waals surface area contributed by atoms with Crippen molar-refractivity contribution in [2.24, 2.45) is 0 Å². The van der Waals surface area contributed by atoms with Gasteiger partial charge in [0, 0.05) is 17.3 Å². The monoisotopic (exact) mass is 279 g/mol. The molecule has 1 aromatic carbocycles. The first kappa shape index (κ1) is 13.1. The second kappa shape index (κ2) is 5.20. The summed E-state index contributed by atoms with van der Waals surface area (Å²) < 4.78 is 0. The maximum Gasteiger partial charge on any atom is 0.278 e. The number of amides is 1. The van der Waals surface area contributed by atoms with Gasteiger partial charge in [0.15, 0.2) is 5.69 Å². The van der Waals surface area contributed by atoms with Crippen LogP contribution in [0.2, 0.25) is 0 Å². The van der Waals surface area contributed by atoms with Crippen molar-refractivity contribution in [2.75, 3.05) is 5.32 Å². The lowest BCUT2D eigenvalue weighted by atomic mass is 10.1. The summed E-state index contributed by atoms with van der Waals surface area (Å²) in [5, 5.41) is 13.3. The van der Waals surface area contributed by atoms with E-state index in [1.165, 1.54) is 12.3 Å². The maximum atomic E-state index is 12.2. The van der Waals surface area contributed by atoms with Gasteiger partial charge in [-0.15, -0.1) is 0 Å². The number of carbonyl (C=O) groups excluding carboxylic acids is 1. The molecule has 0 fully saturated rings. The molecule has 1 amide bonds. The summed E-state index contributed by atoms with van der Waals surface area (Å²) >= 11 is 0. The topological polar surface area (TPSA) is 75.1 Å². The number of carbonyl (C=O) groups is 1. The minimum Gasteiger partial charge on any atom is -0.505 e. The van der Waals surface area contributed by atoms with Gasteiger partial charge in [0.1, 0.15) is 5.75 Å². The molecule has 0 spiro atoms. The Kier molecular flexibility index (Phi) is 3.23. The smallest absolute Gasteiger partial charge is 0.278 e. The molecule has 104 valence electrons. The van der Waals surface area contributed by atoms with Gasteiger partial charge in [-0.3, -0.25) is 9.78 Å². The first-order valence-corrected chi connectivity index (χ1v) is 6.47. The molecule has 0 aliphatic carbocycles. The number of rotatable bonds is 2. The number of benzene rings is 1. The van der Waals surface area contributed by atoms with Gasteiger partial charge in [-0.2, -0.15) is 0 Å². The average molecular weight is 279 g/mol. The molecule has 5 nitrogen and oxygen atoms in total. The quantitative estimate of drug-likeness (QED) is 0.756. The van der Waals surface area contributed by atoms with Crippen molar-refractivity contribution in [1.29, 1.82) is 0 Å². The number of aromatic hydroxyl groups is 1. The molecule has 2 heterocycles. The Morgan fingerprint density at radius 2 is 2.00 bits per heavy atom. The summed E-state index contributed by atoms with van der Waals surface area (Å²) in [6.07, 6.45) is 1.46. The standard InChI is InChI=1S/C16H13N3O2/c1-10-9-13(11-5-2-3-6-12(11)18-10)19-16(21)15-14(20)7-4-8-17-15/h2-9,20H,1H3,(H,18,19,21). The highest BCUT2D eigenvalue weighted by atomic mass is 16.3. The third kappa shape index (κ3) is 2.53. The molecule has 0 aliphatic heterocycles. The van der Waals surface area contributed by atoms with Gasteiger partial charge in [0.25, 0.3) is 5.91 Å². The number of anilines is 1. The highest BCUT2D eigenvalue weighted by Crippen LogP contribution is 2.24. The third-order valence-corrected chi connectivity index (χ3v) is 3.09. The van der Waals surface area contributed by atoms with E-state index in [0.29, 0.717) is 5.69 Å². The molecule has 3 aromatic rings. The van der Waals surface area contributed by atoms with Crippen LogP contribution in [0, 0.1) is 6.92 Å². The molecule has 3 rings (SSSR count). The van der Waals surface area contributed by atoms with E-state index >= 15 is 0 Å². The van der Waals surface area contributed by atoms with Gasteiger partial charge in [-0.05, 0) is 31.2 Å². The Morgan fingerprint density at radius 1 is 1.19 bits per heavy atom. The molecular formula is C16H13N3O2. The van der Waals surface area contributed by atoms with Gasteiger partial charge in [-0.1, -0.05) is 18.2 Å². The lowest BCUT2D eigenvalue weighted by molar-refractivity contribution is 0.101. The van der Waals surface area contributed by atoms with E-state index in [9.17, 15) is 9.90 Å². The zero-order valence-electron chi connectivity index (χ0n) is 11.4. The highest BCUT2D eigenvalue weighted by molar-refractivity contribution is 6.08. The average Bonchev–Trinajstić information content (AvgIpc) is 2.47. The van der Waals surface area contributed by atoms with Crippen molar-refractivity contribution in [2.45, 2.75) is 6.92 Å². The van der Waals surface area contributed by atoms with Crippen LogP contribution in [-0.4, -0.2) is 21.0 Å². The van der Waals surface area contributed by atoms with Crippen molar-refractivity contribution in [1.82, 2.24) is 9.97 Å². The molecule has 0 aliphatic rings. The molecule has 0 radical (unpaired) electrons. The van der Waals surface area contributed by atoms with Crippen LogP contribution in [-0.2, 0) is 0 Å². The molecule has 0 unspecified atom stereocenters. The summed E-state index contributed by atoms with van der Waals surface area (Å²) in [7, 11) is 0.